The molecule has 1 aromatic rings. The summed E-state index contributed by atoms with van der Waals surface area (Å²) in [6.45, 7) is 2.37. The largest absolute Gasteiger partial charge is 0.387 e. The molecule has 3 nitrogen and oxygen atoms in total. The lowest BCUT2D eigenvalue weighted by Gasteiger charge is -2.24. The zero-order valence-electron chi connectivity index (χ0n) is 10.1. The van der Waals surface area contributed by atoms with Crippen LogP contribution in [0.15, 0.2) is 18.2 Å². The second kappa shape index (κ2) is 5.47. The Balaban J connectivity index is 2.29. The quantitative estimate of drug-likeness (QED) is 0.837. The molecule has 1 saturated heterocycles. The third kappa shape index (κ3) is 2.76. The Bertz CT molecular complexity index is 378. The van der Waals surface area contributed by atoms with Crippen molar-refractivity contribution in [3.8, 4) is 0 Å². The molecule has 94 valence electrons. The Morgan fingerprint density at radius 3 is 2.76 bits per heavy atom. The summed E-state index contributed by atoms with van der Waals surface area (Å²) in [4.78, 5) is 2.15. The van der Waals surface area contributed by atoms with Crippen molar-refractivity contribution in [3.63, 3.8) is 0 Å². The number of halogens is 1. The number of likely N-dealkylation sites (N-methyl/N-ethyl adjacent to an activating group) is 1. The van der Waals surface area contributed by atoms with Crippen LogP contribution in [0.5, 0.6) is 0 Å². The van der Waals surface area contributed by atoms with E-state index in [0.29, 0.717) is 6.54 Å². The zero-order chi connectivity index (χ0) is 12.3. The van der Waals surface area contributed by atoms with Gasteiger partial charge in [-0.15, -0.1) is 0 Å². The highest BCUT2D eigenvalue weighted by Crippen LogP contribution is 2.29. The summed E-state index contributed by atoms with van der Waals surface area (Å²) in [6.07, 6.45) is 1.69. The maximum Gasteiger partial charge on any atom is 0.125 e. The summed E-state index contributed by atoms with van der Waals surface area (Å²) in [5.41, 5.74) is 1.65. The van der Waals surface area contributed by atoms with E-state index in [4.69, 9.17) is 0 Å². The van der Waals surface area contributed by atoms with Crippen molar-refractivity contribution in [1.82, 2.24) is 5.32 Å². The number of benzene rings is 1. The lowest BCUT2D eigenvalue weighted by Crippen LogP contribution is -2.23. The molecule has 0 radical (unpaired) electrons. The van der Waals surface area contributed by atoms with Crippen molar-refractivity contribution in [2.24, 2.45) is 0 Å². The van der Waals surface area contributed by atoms with E-state index in [0.717, 1.165) is 37.2 Å². The Morgan fingerprint density at radius 1 is 1.41 bits per heavy atom. The smallest absolute Gasteiger partial charge is 0.125 e. The van der Waals surface area contributed by atoms with Gasteiger partial charge in [0.15, 0.2) is 0 Å². The molecule has 1 unspecified atom stereocenters. The maximum absolute atomic E-state index is 13.3. The second-order valence-electron chi connectivity index (χ2n) is 4.47. The number of nitrogens with one attached hydrogen (secondary N) is 1. The maximum atomic E-state index is 13.3. The lowest BCUT2D eigenvalue weighted by atomic mass is 10.1. The highest BCUT2D eigenvalue weighted by Gasteiger charge is 2.19. The third-order valence-electron chi connectivity index (χ3n) is 3.20. The molecule has 2 N–H and O–H groups in total. The van der Waals surface area contributed by atoms with Gasteiger partial charge in [-0.25, -0.2) is 4.39 Å². The first-order valence-electron chi connectivity index (χ1n) is 6.09. The highest BCUT2D eigenvalue weighted by atomic mass is 19.1. The predicted molar refractivity (Wildman–Crippen MR) is 66.7 cm³/mol. The molecule has 0 saturated carbocycles. The van der Waals surface area contributed by atoms with Crippen LogP contribution < -0.4 is 10.2 Å². The fraction of sp³-hybridized carbons (Fsp3) is 0.538. The van der Waals surface area contributed by atoms with Crippen LogP contribution in [-0.4, -0.2) is 31.8 Å². The number of aliphatic hydroxyl groups excluding tert-OH is 1. The van der Waals surface area contributed by atoms with E-state index >= 15 is 0 Å². The van der Waals surface area contributed by atoms with Crippen LogP contribution in [0.4, 0.5) is 10.1 Å². The molecule has 1 aromatic carbocycles. The van der Waals surface area contributed by atoms with Crippen LogP contribution in [0.2, 0.25) is 0 Å². The van der Waals surface area contributed by atoms with Crippen molar-refractivity contribution in [2.75, 3.05) is 31.6 Å². The fourth-order valence-corrected chi connectivity index (χ4v) is 2.33. The number of anilines is 1. The Hall–Kier alpha value is -1.13. The summed E-state index contributed by atoms with van der Waals surface area (Å²) in [7, 11) is 1.79. The second-order valence-corrected chi connectivity index (χ2v) is 4.47. The molecule has 17 heavy (non-hydrogen) atoms. The molecule has 0 spiro atoms. The van der Waals surface area contributed by atoms with E-state index in [2.05, 4.69) is 10.2 Å². The van der Waals surface area contributed by atoms with Gasteiger partial charge in [0.05, 0.1) is 6.10 Å². The van der Waals surface area contributed by atoms with E-state index in [9.17, 15) is 9.50 Å². The van der Waals surface area contributed by atoms with Crippen LogP contribution >= 0.6 is 0 Å². The highest BCUT2D eigenvalue weighted by molar-refractivity contribution is 5.55. The van der Waals surface area contributed by atoms with E-state index in [-0.39, 0.29) is 5.82 Å². The van der Waals surface area contributed by atoms with Gasteiger partial charge < -0.3 is 15.3 Å². The Morgan fingerprint density at radius 2 is 2.12 bits per heavy atom. The SMILES string of the molecule is CNCC(O)c1ccc(F)cc1N1CCCC1. The Kier molecular flexibility index (Phi) is 3.97. The average Bonchev–Trinajstić information content (AvgIpc) is 2.82. The van der Waals surface area contributed by atoms with Gasteiger partial charge in [0.25, 0.3) is 0 Å². The van der Waals surface area contributed by atoms with E-state index in [1.54, 1.807) is 13.1 Å². The van der Waals surface area contributed by atoms with Gasteiger partial charge in [0.2, 0.25) is 0 Å². The summed E-state index contributed by atoms with van der Waals surface area (Å²) < 4.78 is 13.3. The van der Waals surface area contributed by atoms with Gasteiger partial charge in [-0.3, -0.25) is 0 Å². The molecule has 0 bridgehead atoms. The van der Waals surface area contributed by atoms with Gasteiger partial charge in [-0.2, -0.15) is 0 Å². The average molecular weight is 238 g/mol. The fourth-order valence-electron chi connectivity index (χ4n) is 2.33. The molecule has 1 atom stereocenters. The third-order valence-corrected chi connectivity index (χ3v) is 3.20. The number of hydrogen-bond donors (Lipinski definition) is 2. The summed E-state index contributed by atoms with van der Waals surface area (Å²) in [5.74, 6) is -0.243. The normalized spacial score (nSPS) is 17.5. The molecule has 1 heterocycles. The van der Waals surface area contributed by atoms with Crippen LogP contribution in [0, 0.1) is 5.82 Å². The summed E-state index contributed by atoms with van der Waals surface area (Å²) in [6, 6.07) is 4.62. The minimum atomic E-state index is -0.587. The molecule has 0 amide bonds. The zero-order valence-corrected chi connectivity index (χ0v) is 10.1. The molecule has 0 aliphatic carbocycles. The lowest BCUT2D eigenvalue weighted by molar-refractivity contribution is 0.178. The van der Waals surface area contributed by atoms with Crippen molar-refractivity contribution in [2.45, 2.75) is 18.9 Å². The molecular weight excluding hydrogens is 219 g/mol. The molecule has 2 rings (SSSR count). The Labute approximate surface area is 101 Å². The van der Waals surface area contributed by atoms with Gasteiger partial charge >= 0.3 is 0 Å². The van der Waals surface area contributed by atoms with Crippen molar-refractivity contribution in [1.29, 1.82) is 0 Å². The van der Waals surface area contributed by atoms with Crippen LogP contribution in [0.25, 0.3) is 0 Å². The van der Waals surface area contributed by atoms with Gasteiger partial charge in [0, 0.05) is 30.9 Å². The van der Waals surface area contributed by atoms with Crippen molar-refractivity contribution >= 4 is 5.69 Å². The number of nitrogens with zero attached hydrogens (tertiary/aromatic N) is 1. The molecule has 1 aliphatic heterocycles. The van der Waals surface area contributed by atoms with E-state index < -0.39 is 6.10 Å². The number of rotatable bonds is 4. The first kappa shape index (κ1) is 12.3. The van der Waals surface area contributed by atoms with Gasteiger partial charge in [0.1, 0.15) is 5.82 Å². The first-order chi connectivity index (χ1) is 8.22. The standard InChI is InChI=1S/C13H19FN2O/c1-15-9-13(17)11-5-4-10(14)8-12(11)16-6-2-3-7-16/h4-5,8,13,15,17H,2-3,6-7,9H2,1H3. The molecular formula is C13H19FN2O. The number of aliphatic hydroxyl groups is 1. The van der Waals surface area contributed by atoms with E-state index in [1.807, 2.05) is 0 Å². The topological polar surface area (TPSA) is 35.5 Å². The minimum absolute atomic E-state index is 0.243. The van der Waals surface area contributed by atoms with E-state index in [1.165, 1.54) is 12.1 Å². The monoisotopic (exact) mass is 238 g/mol. The first-order valence-corrected chi connectivity index (χ1v) is 6.09. The van der Waals surface area contributed by atoms with Crippen LogP contribution in [0.1, 0.15) is 24.5 Å². The van der Waals surface area contributed by atoms with Gasteiger partial charge in [-0.05, 0) is 32.0 Å². The molecule has 1 fully saturated rings. The van der Waals surface area contributed by atoms with Crippen LogP contribution in [-0.2, 0) is 0 Å². The van der Waals surface area contributed by atoms with Crippen molar-refractivity contribution in [3.05, 3.63) is 29.6 Å². The molecule has 1 aliphatic rings. The van der Waals surface area contributed by atoms with Crippen LogP contribution in [0.3, 0.4) is 0 Å². The minimum Gasteiger partial charge on any atom is -0.387 e. The molecule has 0 aromatic heterocycles. The summed E-state index contributed by atoms with van der Waals surface area (Å²) in [5, 5.41) is 13.0. The van der Waals surface area contributed by atoms with Crippen molar-refractivity contribution < 1.29 is 9.50 Å². The predicted octanol–water partition coefficient (Wildman–Crippen LogP) is 1.68. The van der Waals surface area contributed by atoms with Gasteiger partial charge in [-0.1, -0.05) is 6.07 Å². The summed E-state index contributed by atoms with van der Waals surface area (Å²) >= 11 is 0. The molecule has 4 heteroatoms. The number of hydrogen-bond acceptors (Lipinski definition) is 3.